The average molecular weight is 528 g/mol. The number of fused-ring (bicyclic) bond motifs is 3. The van der Waals surface area contributed by atoms with Crippen LogP contribution in [0.25, 0.3) is 11.0 Å². The molecule has 2 aromatic carbocycles. The molecule has 1 aromatic heterocycles. The number of methoxy groups -OCH3 is 1. The standard InChI is InChI=1S/C27H35N5O3S.H2O/c1-20-9-10-22-23(32(20)27(33)35-2)11-12-24-26(22)28-25(19-21-7-5-4-6-8-21)31(24)18-15-29-13-16-30(17-14-29)36(3)34;/h4-8,11-12,20H,9-10,13-19H2,1-3H3;1H2/t20-,36?;/m0./s1. The minimum atomic E-state index is -0.902. The average Bonchev–Trinajstić information content (AvgIpc) is 3.24. The number of hydrogen-bond acceptors (Lipinski definition) is 5. The number of piperazine rings is 1. The molecular formula is C27H37N5O4S. The van der Waals surface area contributed by atoms with E-state index in [0.29, 0.717) is 0 Å². The molecular weight excluding hydrogens is 490 g/mol. The molecule has 0 bridgehead atoms. The predicted octanol–water partition coefficient (Wildman–Crippen LogP) is 2.62. The lowest BCUT2D eigenvalue weighted by atomic mass is 9.96. The van der Waals surface area contributed by atoms with Crippen LogP contribution in [-0.4, -0.2) is 86.7 Å². The first kappa shape index (κ1) is 27.3. The molecule has 10 heteroatoms. The Kier molecular flexibility index (Phi) is 8.63. The van der Waals surface area contributed by atoms with Gasteiger partial charge in [-0.25, -0.2) is 18.3 Å². The summed E-state index contributed by atoms with van der Waals surface area (Å²) in [5.41, 5.74) is 5.38. The van der Waals surface area contributed by atoms with E-state index in [2.05, 4.69) is 52.8 Å². The molecule has 2 atom stereocenters. The van der Waals surface area contributed by atoms with Gasteiger partial charge in [-0.2, -0.15) is 0 Å². The van der Waals surface area contributed by atoms with E-state index in [9.17, 15) is 9.00 Å². The number of carbonyl (C=O) groups is 1. The molecule has 1 amide bonds. The molecule has 3 heterocycles. The molecule has 0 aliphatic carbocycles. The highest BCUT2D eigenvalue weighted by Gasteiger charge is 2.31. The van der Waals surface area contributed by atoms with Crippen LogP contribution < -0.4 is 4.90 Å². The van der Waals surface area contributed by atoms with Crippen LogP contribution in [-0.2, 0) is 35.1 Å². The number of ether oxygens (including phenoxy) is 1. The fourth-order valence-corrected chi connectivity index (χ4v) is 6.14. The van der Waals surface area contributed by atoms with E-state index in [4.69, 9.17) is 9.72 Å². The first-order chi connectivity index (χ1) is 17.5. The number of anilines is 1. The van der Waals surface area contributed by atoms with E-state index >= 15 is 0 Å². The van der Waals surface area contributed by atoms with Crippen LogP contribution in [0.4, 0.5) is 10.5 Å². The van der Waals surface area contributed by atoms with Gasteiger partial charge < -0.3 is 14.8 Å². The fourth-order valence-electron chi connectivity index (χ4n) is 5.47. The van der Waals surface area contributed by atoms with Crippen molar-refractivity contribution >= 4 is 33.8 Å². The number of hydrogen-bond donors (Lipinski definition) is 0. The van der Waals surface area contributed by atoms with Crippen molar-refractivity contribution in [2.75, 3.05) is 51.0 Å². The fraction of sp³-hybridized carbons (Fsp3) is 0.481. The van der Waals surface area contributed by atoms with Crippen molar-refractivity contribution in [3.8, 4) is 0 Å². The lowest BCUT2D eigenvalue weighted by Crippen LogP contribution is -2.47. The van der Waals surface area contributed by atoms with Gasteiger partial charge in [0, 0.05) is 63.6 Å². The summed E-state index contributed by atoms with van der Waals surface area (Å²) in [5, 5.41) is 0. The van der Waals surface area contributed by atoms with Gasteiger partial charge in [0.25, 0.3) is 0 Å². The molecule has 2 N–H and O–H groups in total. The number of aryl methyl sites for hydroxylation is 1. The molecule has 2 aliphatic rings. The molecule has 0 spiro atoms. The van der Waals surface area contributed by atoms with E-state index in [1.165, 1.54) is 12.7 Å². The highest BCUT2D eigenvalue weighted by Crippen LogP contribution is 2.36. The molecule has 0 saturated carbocycles. The minimum Gasteiger partial charge on any atom is -0.452 e. The Balaban J connectivity index is 0.00000320. The summed E-state index contributed by atoms with van der Waals surface area (Å²) < 4.78 is 21.3. The number of benzene rings is 2. The minimum absolute atomic E-state index is 0. The van der Waals surface area contributed by atoms with Crippen LogP contribution in [0.15, 0.2) is 42.5 Å². The first-order valence-electron chi connectivity index (χ1n) is 12.7. The Labute approximate surface area is 220 Å². The summed E-state index contributed by atoms with van der Waals surface area (Å²) in [7, 11) is 0.535. The van der Waals surface area contributed by atoms with Crippen LogP contribution in [0.5, 0.6) is 0 Å². The van der Waals surface area contributed by atoms with E-state index in [1.807, 2.05) is 10.4 Å². The molecule has 37 heavy (non-hydrogen) atoms. The zero-order chi connectivity index (χ0) is 25.2. The van der Waals surface area contributed by atoms with Crippen molar-refractivity contribution in [3.63, 3.8) is 0 Å². The number of rotatable bonds is 6. The third kappa shape index (κ3) is 5.57. The monoisotopic (exact) mass is 527 g/mol. The summed E-state index contributed by atoms with van der Waals surface area (Å²) in [5.74, 6) is 1.04. The Morgan fingerprint density at radius 3 is 2.49 bits per heavy atom. The molecule has 9 nitrogen and oxygen atoms in total. The predicted molar refractivity (Wildman–Crippen MR) is 147 cm³/mol. The maximum absolute atomic E-state index is 12.6. The maximum atomic E-state index is 12.6. The van der Waals surface area contributed by atoms with Gasteiger partial charge in [0.2, 0.25) is 0 Å². The van der Waals surface area contributed by atoms with Gasteiger partial charge in [-0.1, -0.05) is 30.3 Å². The van der Waals surface area contributed by atoms with Gasteiger partial charge in [0.15, 0.2) is 0 Å². The molecule has 0 radical (unpaired) electrons. The number of imidazole rings is 1. The van der Waals surface area contributed by atoms with Gasteiger partial charge in [0.1, 0.15) is 5.82 Å². The lowest BCUT2D eigenvalue weighted by Gasteiger charge is -2.34. The summed E-state index contributed by atoms with van der Waals surface area (Å²) in [4.78, 5) is 22.0. The Morgan fingerprint density at radius 2 is 1.81 bits per heavy atom. The lowest BCUT2D eigenvalue weighted by molar-refractivity contribution is 0.175. The second-order valence-electron chi connectivity index (χ2n) is 9.70. The van der Waals surface area contributed by atoms with Gasteiger partial charge in [-0.15, -0.1) is 0 Å². The van der Waals surface area contributed by atoms with E-state index in [0.717, 1.165) is 86.6 Å². The van der Waals surface area contributed by atoms with Crippen LogP contribution in [0, 0.1) is 0 Å². The summed E-state index contributed by atoms with van der Waals surface area (Å²) in [6.45, 7) is 7.32. The molecule has 5 rings (SSSR count). The summed E-state index contributed by atoms with van der Waals surface area (Å²) in [6, 6.07) is 14.7. The third-order valence-corrected chi connectivity index (χ3v) is 8.60. The van der Waals surface area contributed by atoms with Gasteiger partial charge >= 0.3 is 6.09 Å². The van der Waals surface area contributed by atoms with Crippen molar-refractivity contribution in [3.05, 3.63) is 59.4 Å². The maximum Gasteiger partial charge on any atom is 0.414 e. The molecule has 1 fully saturated rings. The Hall–Kier alpha value is -2.79. The van der Waals surface area contributed by atoms with Crippen LogP contribution >= 0.6 is 0 Å². The summed E-state index contributed by atoms with van der Waals surface area (Å²) in [6.07, 6.45) is 3.96. The zero-order valence-electron chi connectivity index (χ0n) is 21.9. The normalized spacial score (nSPS) is 19.3. The molecule has 3 aromatic rings. The topological polar surface area (TPSA) is 102 Å². The van der Waals surface area contributed by atoms with Crippen LogP contribution in [0.2, 0.25) is 0 Å². The van der Waals surface area contributed by atoms with E-state index in [-0.39, 0.29) is 17.6 Å². The highest BCUT2D eigenvalue weighted by atomic mass is 32.2. The van der Waals surface area contributed by atoms with Gasteiger partial charge in [0.05, 0.1) is 34.8 Å². The zero-order valence-corrected chi connectivity index (χ0v) is 22.7. The number of amides is 1. The smallest absolute Gasteiger partial charge is 0.414 e. The molecule has 1 saturated heterocycles. The van der Waals surface area contributed by atoms with Gasteiger partial charge in [-0.3, -0.25) is 9.80 Å². The summed E-state index contributed by atoms with van der Waals surface area (Å²) >= 11 is 0. The number of nitrogens with zero attached hydrogens (tertiary/aromatic N) is 5. The third-order valence-electron chi connectivity index (χ3n) is 7.50. The number of aromatic nitrogens is 2. The van der Waals surface area contributed by atoms with Crippen molar-refractivity contribution in [2.24, 2.45) is 0 Å². The van der Waals surface area contributed by atoms with Crippen molar-refractivity contribution < 1.29 is 19.2 Å². The first-order valence-corrected chi connectivity index (χ1v) is 14.2. The highest BCUT2D eigenvalue weighted by molar-refractivity contribution is 7.81. The van der Waals surface area contributed by atoms with E-state index < -0.39 is 11.0 Å². The number of carbonyl (C=O) groups excluding carboxylic acids is 1. The van der Waals surface area contributed by atoms with Crippen molar-refractivity contribution in [1.29, 1.82) is 0 Å². The Bertz CT molecular complexity index is 1260. The quantitative estimate of drug-likeness (QED) is 0.490. The van der Waals surface area contributed by atoms with E-state index in [1.54, 1.807) is 11.2 Å². The SMILES string of the molecule is COC(=O)N1c2ccc3c(nc(Cc4ccccc4)n3CCN3CCN(S(C)=O)CC3)c2CC[C@@H]1C.O. The largest absolute Gasteiger partial charge is 0.452 e. The van der Waals surface area contributed by atoms with Crippen LogP contribution in [0.1, 0.15) is 30.3 Å². The molecule has 1 unspecified atom stereocenters. The second-order valence-corrected chi connectivity index (χ2v) is 11.1. The van der Waals surface area contributed by atoms with Crippen molar-refractivity contribution in [1.82, 2.24) is 18.8 Å². The molecule has 200 valence electrons. The van der Waals surface area contributed by atoms with Crippen LogP contribution in [0.3, 0.4) is 0 Å². The Morgan fingerprint density at radius 1 is 1.08 bits per heavy atom. The van der Waals surface area contributed by atoms with Gasteiger partial charge in [-0.05, 0) is 37.5 Å². The molecule has 2 aliphatic heterocycles. The van der Waals surface area contributed by atoms with Crippen molar-refractivity contribution in [2.45, 2.75) is 38.8 Å². The second kappa shape index (κ2) is 11.7.